The van der Waals surface area contributed by atoms with E-state index < -0.39 is 51.9 Å². The van der Waals surface area contributed by atoms with Crippen LogP contribution in [0.5, 0.6) is 0 Å². The molecule has 12 aromatic rings. The number of hydrogen-bond acceptors (Lipinski definition) is 0. The molecular formula is C96H120N6+6. The molecule has 0 aliphatic carbocycles. The van der Waals surface area contributed by atoms with E-state index in [2.05, 4.69) is 220 Å². The minimum absolute atomic E-state index is 0.149. The zero-order chi connectivity index (χ0) is 89.9. The van der Waals surface area contributed by atoms with Crippen LogP contribution in [0.2, 0.25) is 0 Å². The quantitative estimate of drug-likeness (QED) is 0.109. The van der Waals surface area contributed by atoms with E-state index in [0.29, 0.717) is 23.0 Å². The zero-order valence-corrected chi connectivity index (χ0v) is 63.9. The lowest BCUT2D eigenvalue weighted by molar-refractivity contribution is -0.661. The van der Waals surface area contributed by atoms with Gasteiger partial charge in [0.05, 0.1) is 0 Å². The third-order valence-corrected chi connectivity index (χ3v) is 18.4. The van der Waals surface area contributed by atoms with E-state index in [1.807, 2.05) is 134 Å². The minimum atomic E-state index is -3.35. The number of aromatic nitrogens is 6. The smallest absolute Gasteiger partial charge is 0.201 e. The number of nitrogens with zero attached hydrogens (tertiary/aromatic N) is 6. The monoisotopic (exact) mass is 1380 g/mol. The Bertz CT molecular complexity index is 5410. The van der Waals surface area contributed by atoms with Crippen molar-refractivity contribution in [3.05, 3.63) is 321 Å². The molecule has 528 valence electrons. The van der Waals surface area contributed by atoms with Crippen LogP contribution in [0.3, 0.4) is 0 Å². The molecule has 0 aliphatic rings. The minimum Gasteiger partial charge on any atom is -0.201 e. The van der Waals surface area contributed by atoms with Crippen LogP contribution in [-0.4, -0.2) is 0 Å². The third kappa shape index (κ3) is 21.6. The molecule has 12 rings (SSSR count). The van der Waals surface area contributed by atoms with E-state index in [9.17, 15) is 0 Å². The summed E-state index contributed by atoms with van der Waals surface area (Å²) in [5.41, 5.74) is 27.4. The molecule has 0 bridgehead atoms. The highest BCUT2D eigenvalue weighted by atomic mass is 14.9. The van der Waals surface area contributed by atoms with Crippen LogP contribution in [0.25, 0.3) is 67.5 Å². The van der Waals surface area contributed by atoms with E-state index in [-0.39, 0.29) is 11.1 Å². The fraction of sp³-hybridized carbons (Fsp3) is 0.312. The standard InChI is InChI=1S/3C17H22N.C16H20N.C15H18N.C14H16N/c1-12(2)16-10-17(18(5)11-14(16)4)15-9-7-6-8-13(15)3;1-12(2)16-11-18(5)17(10-14(16)4)15-9-7-6-8-13(15)3;1-13(2)11-15-8-9-16(14(3)12-15)17-7-5-6-10-18(17)4;1-12(2)14-8-9-15(13(3)11-14)16-7-5-6-10-17(16)4;1-4-13-8-9-14(12(2)11-13)15-7-5-6-10-16(15)3;1-11-7-8-12(2)13(10-11)14-6-4-5-9-15(14)3/h2*6-12H,1-5H3;5-10,12-13H,11H2,1-4H3;5-12H,1-4H3;5-11H,4H2,1-3H3;4-10H,1-3H3/q6*+1/i;;1D3,2D3,11D2,13D;1D3,12D;1D3,4D2;. The Morgan fingerprint density at radius 1 is 0.324 bits per heavy atom. The maximum atomic E-state index is 8.30. The Morgan fingerprint density at radius 2 is 0.735 bits per heavy atom. The van der Waals surface area contributed by atoms with E-state index >= 15 is 0 Å². The normalized spacial score (nSPS) is 14.8. The van der Waals surface area contributed by atoms with Crippen molar-refractivity contribution in [2.24, 2.45) is 48.2 Å². The summed E-state index contributed by atoms with van der Waals surface area (Å²) in [5.74, 6) is -3.77. The molecule has 0 amide bonds. The molecule has 0 spiro atoms. The molecule has 6 nitrogen and oxygen atoms in total. The van der Waals surface area contributed by atoms with Crippen molar-refractivity contribution >= 4 is 0 Å². The van der Waals surface area contributed by atoms with Gasteiger partial charge < -0.3 is 0 Å². The number of pyridine rings is 6. The highest BCUT2D eigenvalue weighted by molar-refractivity contribution is 5.66. The molecule has 6 aromatic carbocycles. The molecule has 0 N–H and O–H groups in total. The van der Waals surface area contributed by atoms with Crippen molar-refractivity contribution in [1.82, 2.24) is 0 Å². The van der Waals surface area contributed by atoms with Crippen molar-refractivity contribution in [3.8, 4) is 67.5 Å². The molecule has 0 saturated carbocycles. The molecular weight excluding hydrogens is 1240 g/mol. The second-order valence-corrected chi connectivity index (χ2v) is 27.2. The average molecular weight is 1380 g/mol. The van der Waals surface area contributed by atoms with Gasteiger partial charge in [0.1, 0.15) is 42.3 Å². The van der Waals surface area contributed by atoms with Crippen molar-refractivity contribution < 1.29 is 52.1 Å². The highest BCUT2D eigenvalue weighted by Gasteiger charge is 2.20. The molecule has 0 radical (unpaired) electrons. The summed E-state index contributed by atoms with van der Waals surface area (Å²) in [7, 11) is 12.1. The van der Waals surface area contributed by atoms with Gasteiger partial charge in [-0.05, 0) is 221 Å². The van der Waals surface area contributed by atoms with Gasteiger partial charge in [-0.15, -0.1) is 0 Å². The van der Waals surface area contributed by atoms with Gasteiger partial charge in [0.15, 0.2) is 37.2 Å². The lowest BCUT2D eigenvalue weighted by Gasteiger charge is -2.11. The summed E-state index contributed by atoms with van der Waals surface area (Å²) in [5, 5.41) is 0. The van der Waals surface area contributed by atoms with Gasteiger partial charge in [0.25, 0.3) is 0 Å². The first-order chi connectivity index (χ1) is 55.6. The molecule has 1 atom stereocenters. The van der Waals surface area contributed by atoms with Crippen molar-refractivity contribution in [2.45, 2.75) is 155 Å². The Hall–Kier alpha value is -9.78. The van der Waals surface area contributed by atoms with Crippen molar-refractivity contribution in [2.75, 3.05) is 0 Å². The third-order valence-electron chi connectivity index (χ3n) is 18.4. The summed E-state index contributed by atoms with van der Waals surface area (Å²) in [4.78, 5) is 0. The number of aryl methyl sites for hydroxylation is 16. The van der Waals surface area contributed by atoms with Gasteiger partial charge >= 0.3 is 0 Å². The maximum Gasteiger partial charge on any atom is 0.212 e. The van der Waals surface area contributed by atoms with Crippen molar-refractivity contribution in [1.29, 1.82) is 0 Å². The SMILES string of the molecule is Cc1ccc(C)c(-c2cccc[n+]2C)c1.Cc1ccccc1-c1cc(C(C)C)c(C)c[n+]1C.Cc1ccccc1-c1cc(C)c(C(C)C)c[n+]1C.[2H]C([2H])([2H])C([2H])(C([2H])([2H])[2H])C([2H])([2H])c1ccc(-c2cccc[n+]2C)c(C)c1.[2H]C([2H])([2H])C([2H])(C)c1ccc(-c2cccc[n+]2C)c(C)c1.[2H]C([2H])([2H])C([2H])([2H])c1ccc(-c2cccc[n+]2C)c(C)c1. The summed E-state index contributed by atoms with van der Waals surface area (Å²) in [6.45, 7) is 17.3. The van der Waals surface area contributed by atoms with E-state index in [4.69, 9.17) is 24.7 Å². The zero-order valence-electron chi connectivity index (χ0n) is 81.9. The number of benzene rings is 6. The summed E-state index contributed by atoms with van der Waals surface area (Å²) in [6.07, 6.45) is 7.07. The van der Waals surface area contributed by atoms with Crippen LogP contribution in [0.4, 0.5) is 0 Å². The first-order valence-corrected chi connectivity index (χ1v) is 35.0. The van der Waals surface area contributed by atoms with Crippen LogP contribution in [0.1, 0.15) is 182 Å². The molecule has 0 fully saturated rings. The van der Waals surface area contributed by atoms with Crippen molar-refractivity contribution in [3.63, 3.8) is 0 Å². The Morgan fingerprint density at radius 3 is 1.18 bits per heavy atom. The van der Waals surface area contributed by atoms with Gasteiger partial charge in [-0.3, -0.25) is 0 Å². The fourth-order valence-electron chi connectivity index (χ4n) is 12.7. The molecule has 6 heterocycles. The van der Waals surface area contributed by atoms with E-state index in [1.54, 1.807) is 37.3 Å². The lowest BCUT2D eigenvalue weighted by atomic mass is 9.96. The molecule has 0 aliphatic heterocycles. The summed E-state index contributed by atoms with van der Waals surface area (Å²) in [6, 6.07) is 66.8. The topological polar surface area (TPSA) is 23.3 Å². The second kappa shape index (κ2) is 37.8. The Balaban J connectivity index is 0.000000200. The Kier molecular flexibility index (Phi) is 21.0. The first kappa shape index (κ1) is 56.8. The summed E-state index contributed by atoms with van der Waals surface area (Å²) < 4.78 is 151. The van der Waals surface area contributed by atoms with Crippen LogP contribution in [-0.2, 0) is 55.0 Å². The predicted octanol–water partition coefficient (Wildman–Crippen LogP) is 21.0. The fourth-order valence-corrected chi connectivity index (χ4v) is 12.7. The van der Waals surface area contributed by atoms with Crippen LogP contribution >= 0.6 is 0 Å². The van der Waals surface area contributed by atoms with Crippen LogP contribution in [0, 0.1) is 68.2 Å². The van der Waals surface area contributed by atoms with Gasteiger partial charge in [0, 0.05) is 130 Å². The largest absolute Gasteiger partial charge is 0.212 e. The van der Waals surface area contributed by atoms with Gasteiger partial charge in [0.2, 0.25) is 34.2 Å². The molecule has 102 heavy (non-hydrogen) atoms. The van der Waals surface area contributed by atoms with Crippen LogP contribution in [0.15, 0.2) is 243 Å². The molecule has 0 saturated heterocycles. The van der Waals surface area contributed by atoms with E-state index in [0.717, 1.165) is 44.9 Å². The summed E-state index contributed by atoms with van der Waals surface area (Å²) >= 11 is 0. The number of rotatable bonds is 12. The second-order valence-electron chi connectivity index (χ2n) is 27.2. The number of hydrogen-bond donors (Lipinski definition) is 0. The molecule has 1 unspecified atom stereocenters. The predicted molar refractivity (Wildman–Crippen MR) is 431 cm³/mol. The Labute approximate surface area is 641 Å². The molecule has 6 aromatic heterocycles. The maximum absolute atomic E-state index is 8.30. The van der Waals surface area contributed by atoms with Gasteiger partial charge in [-0.25, -0.2) is 27.4 Å². The highest BCUT2D eigenvalue weighted by Crippen LogP contribution is 2.30. The lowest BCUT2D eigenvalue weighted by Crippen LogP contribution is -2.32. The first-order valence-electron chi connectivity index (χ1n) is 44.0. The average Bonchev–Trinajstić information content (AvgIpc) is 0.716. The van der Waals surface area contributed by atoms with Gasteiger partial charge in [-0.1, -0.05) is 153 Å². The molecule has 6 heteroatoms. The van der Waals surface area contributed by atoms with Gasteiger partial charge in [-0.2, -0.15) is 0 Å². The van der Waals surface area contributed by atoms with E-state index in [1.165, 1.54) is 97.3 Å². The van der Waals surface area contributed by atoms with Crippen LogP contribution < -0.4 is 27.4 Å².